The fourth-order valence-corrected chi connectivity index (χ4v) is 11.2. The normalized spacial score (nSPS) is 11.3. The molecule has 0 amide bonds. The fourth-order valence-electron chi connectivity index (χ4n) is 9.26. The first-order valence-electron chi connectivity index (χ1n) is 29.7. The Balaban J connectivity index is 0.000000226. The van der Waals surface area contributed by atoms with E-state index in [1.807, 2.05) is 165 Å². The Hall–Kier alpha value is -10.4. The third-order valence-electron chi connectivity index (χ3n) is 14.7. The van der Waals surface area contributed by atoms with Crippen LogP contribution in [0.2, 0.25) is 0 Å². The van der Waals surface area contributed by atoms with Gasteiger partial charge in [-0.15, -0.1) is 41.9 Å². The third-order valence-corrected chi connectivity index (χ3v) is 17.9. The van der Waals surface area contributed by atoms with E-state index in [-0.39, 0.29) is 16.5 Å². The molecule has 24 heteroatoms. The number of aryl methyl sites for hydroxylation is 5. The highest BCUT2D eigenvalue weighted by atomic mass is 32.2. The number of sulfone groups is 1. The van der Waals surface area contributed by atoms with Gasteiger partial charge in [-0.05, 0) is 140 Å². The number of nitrogens with one attached hydrogen (secondary N) is 1. The van der Waals surface area contributed by atoms with Gasteiger partial charge in [0.15, 0.2) is 9.84 Å². The topological polar surface area (TPSA) is 269 Å². The van der Waals surface area contributed by atoms with E-state index in [1.165, 1.54) is 5.56 Å². The molecule has 0 bridgehead atoms. The number of thiophene rings is 1. The van der Waals surface area contributed by atoms with E-state index < -0.39 is 15.1 Å². The van der Waals surface area contributed by atoms with Crippen molar-refractivity contribution in [3.8, 4) is 108 Å². The molecule has 93 heavy (non-hydrogen) atoms. The maximum absolute atomic E-state index is 12.4. The van der Waals surface area contributed by atoms with Crippen LogP contribution in [-0.2, 0) is 16.4 Å². The number of benzene rings is 4. The van der Waals surface area contributed by atoms with E-state index >= 15 is 0 Å². The number of pyridine rings is 1. The summed E-state index contributed by atoms with van der Waals surface area (Å²) in [5.41, 5.74) is 15.3. The van der Waals surface area contributed by atoms with Crippen molar-refractivity contribution in [3.63, 3.8) is 0 Å². The van der Waals surface area contributed by atoms with Gasteiger partial charge in [-0.2, -0.15) is 0 Å². The minimum atomic E-state index is -3.34. The number of nitrogens with zero attached hydrogens (tertiary/aromatic N) is 15. The molecule has 22 nitrogen and oxygen atoms in total. The van der Waals surface area contributed by atoms with Crippen molar-refractivity contribution in [1.82, 2.24) is 80.6 Å². The summed E-state index contributed by atoms with van der Waals surface area (Å²) in [6.07, 6.45) is 6.82. The summed E-state index contributed by atoms with van der Waals surface area (Å²) in [6, 6.07) is 36.2. The van der Waals surface area contributed by atoms with Gasteiger partial charge in [0.1, 0.15) is 23.7 Å². The Morgan fingerprint density at radius 2 is 1.12 bits per heavy atom. The number of rotatable bonds is 19. The molecule has 12 rings (SSSR count). The van der Waals surface area contributed by atoms with Gasteiger partial charge in [0.05, 0.1) is 67.8 Å². The average molecular weight is 1290 g/mol. The van der Waals surface area contributed by atoms with Crippen LogP contribution in [-0.4, -0.2) is 137 Å². The summed E-state index contributed by atoms with van der Waals surface area (Å²) >= 11 is 1.58. The van der Waals surface area contributed by atoms with Crippen molar-refractivity contribution >= 4 is 26.9 Å². The van der Waals surface area contributed by atoms with E-state index in [2.05, 4.69) is 73.4 Å². The number of aromatic nitrogens is 13. The minimum absolute atomic E-state index is 0. The van der Waals surface area contributed by atoms with Crippen molar-refractivity contribution in [1.29, 1.82) is 0 Å². The smallest absolute Gasteiger partial charge is 0.268 e. The van der Waals surface area contributed by atoms with Crippen LogP contribution >= 0.6 is 11.3 Å². The highest BCUT2D eigenvalue weighted by Gasteiger charge is 2.23. The minimum Gasteiger partial charge on any atom is -0.476 e. The summed E-state index contributed by atoms with van der Waals surface area (Å²) in [5, 5.41) is 29.8. The molecule has 0 radical (unpaired) electrons. The van der Waals surface area contributed by atoms with Gasteiger partial charge in [-0.1, -0.05) is 73.3 Å². The Morgan fingerprint density at radius 3 is 1.65 bits per heavy atom. The van der Waals surface area contributed by atoms with Crippen LogP contribution in [0.25, 0.3) is 108 Å². The standard InChI is InChI=1S/C25H27N5O3S.C22H22N6O2.C22H21N5OS.4H2/c1-15(2)34(31,32)20-9-7-19(8-10-20)22-14-27-17(4)23(28-22)25-30-29-24(33-25)21-11-6-18(13-26-5)12-16(21)3;1-15-20(22-27-26-21(30-22)16-7-5-4-6-8-16)25-18(14-24-15)17-9-10-23-19(13-17)29-12-11-28(2)3;1-13-10-11-29-20(13)22-26-25-21(28-22)19-14(2)23-12-18(24-19)17-8-6-16(7-9-17)15(3)27(4)5;;;;/h6-12,14-15,26H,13H2,1-5H3;4-10,13-14H,11-12H2,1-3H3;6-12H,3H2,1-2,4-5H3;4*1H. The van der Waals surface area contributed by atoms with Gasteiger partial charge >= 0.3 is 0 Å². The molecule has 8 aromatic heterocycles. The predicted molar refractivity (Wildman–Crippen MR) is 368 cm³/mol. The molecule has 0 saturated carbocycles. The zero-order chi connectivity index (χ0) is 65.9. The number of hydrogen-bond acceptors (Lipinski definition) is 23. The zero-order valence-corrected chi connectivity index (χ0v) is 55.4. The monoisotopic (exact) mass is 1290 g/mol. The SMILES string of the molecule is C=C(c1ccc(-c2cnc(C)c(-c3nnc(-c4sccc4C)o3)n2)cc1)N(C)C.CNCc1ccc(-c2nnc(-c3nc(-c4ccc(S(=O)(=O)C(C)C)cc4)cnc3C)o2)c(C)c1.Cc1ncc(-c2ccnc(OCCN(C)C)c2)nc1-c1nnc(-c2ccccc2)o1.[HH].[HH].[HH].[HH]. The molecule has 0 aliphatic heterocycles. The lowest BCUT2D eigenvalue weighted by Crippen LogP contribution is -2.19. The lowest BCUT2D eigenvalue weighted by molar-refractivity contribution is 0.254. The van der Waals surface area contributed by atoms with Crippen LogP contribution in [0.5, 0.6) is 5.88 Å². The molecule has 12 aromatic rings. The summed E-state index contributed by atoms with van der Waals surface area (Å²) in [7, 11) is 6.52. The Bertz CT molecular complexity index is 4690. The number of hydrogen-bond donors (Lipinski definition) is 1. The van der Waals surface area contributed by atoms with E-state index in [4.69, 9.17) is 32.9 Å². The fraction of sp³-hybridized carbons (Fsp3) is 0.232. The quantitative estimate of drug-likeness (QED) is 0.0788. The molecule has 482 valence electrons. The third kappa shape index (κ3) is 15.7. The van der Waals surface area contributed by atoms with Gasteiger partial charge < -0.3 is 33.1 Å². The summed E-state index contributed by atoms with van der Waals surface area (Å²) < 4.78 is 48.3. The van der Waals surface area contributed by atoms with E-state index in [9.17, 15) is 8.42 Å². The first-order valence-corrected chi connectivity index (χ1v) is 32.1. The van der Waals surface area contributed by atoms with Gasteiger partial charge in [0.2, 0.25) is 17.7 Å². The molecular formula is C69H78N16O6S2. The molecule has 0 fully saturated rings. The summed E-state index contributed by atoms with van der Waals surface area (Å²) in [6.45, 7) is 19.2. The lowest BCUT2D eigenvalue weighted by atomic mass is 10.1. The Kier molecular flexibility index (Phi) is 20.6. The first kappa shape index (κ1) is 65.5. The van der Waals surface area contributed by atoms with Crippen LogP contribution in [0.15, 0.2) is 170 Å². The van der Waals surface area contributed by atoms with Crippen LogP contribution in [0, 0.1) is 34.6 Å². The Labute approximate surface area is 549 Å². The van der Waals surface area contributed by atoms with Gasteiger partial charge in [0, 0.05) is 78.7 Å². The van der Waals surface area contributed by atoms with Gasteiger partial charge in [-0.3, -0.25) is 15.0 Å². The van der Waals surface area contributed by atoms with Crippen molar-refractivity contribution in [2.75, 3.05) is 48.4 Å². The summed E-state index contributed by atoms with van der Waals surface area (Å²) in [5.74, 6) is 2.89. The van der Waals surface area contributed by atoms with Crippen molar-refractivity contribution in [3.05, 3.63) is 191 Å². The number of likely N-dealkylation sites (N-methyl/N-ethyl adjacent to an activating group) is 1. The highest BCUT2D eigenvalue weighted by molar-refractivity contribution is 7.92. The first-order chi connectivity index (χ1) is 44.7. The van der Waals surface area contributed by atoms with Crippen LogP contribution in [0.4, 0.5) is 0 Å². The largest absolute Gasteiger partial charge is 0.476 e. The molecule has 0 aliphatic carbocycles. The van der Waals surface area contributed by atoms with Crippen LogP contribution in [0.1, 0.15) is 58.9 Å². The maximum Gasteiger partial charge on any atom is 0.268 e. The second-order valence-electron chi connectivity index (χ2n) is 22.4. The lowest BCUT2D eigenvalue weighted by Gasteiger charge is -2.16. The molecule has 8 heterocycles. The average Bonchev–Trinajstić information content (AvgIpc) is 1.80. The summed E-state index contributed by atoms with van der Waals surface area (Å²) in [4.78, 5) is 37.1. The van der Waals surface area contributed by atoms with E-state index in [0.29, 0.717) is 81.8 Å². The van der Waals surface area contributed by atoms with Crippen molar-refractivity contribution in [2.24, 2.45) is 0 Å². The van der Waals surface area contributed by atoms with E-state index in [0.717, 1.165) is 79.6 Å². The van der Waals surface area contributed by atoms with Crippen molar-refractivity contribution in [2.45, 2.75) is 65.2 Å². The molecule has 0 aliphatic rings. The van der Waals surface area contributed by atoms with Crippen LogP contribution in [0.3, 0.4) is 0 Å². The molecule has 0 atom stereocenters. The second kappa shape index (κ2) is 29.3. The molecule has 0 saturated heterocycles. The zero-order valence-electron chi connectivity index (χ0n) is 53.7. The van der Waals surface area contributed by atoms with E-state index in [1.54, 1.807) is 74.2 Å². The Morgan fingerprint density at radius 1 is 0.591 bits per heavy atom. The maximum atomic E-state index is 12.4. The predicted octanol–water partition coefficient (Wildman–Crippen LogP) is 13.9. The highest BCUT2D eigenvalue weighted by Crippen LogP contribution is 2.34. The molecule has 0 spiro atoms. The molecule has 0 unspecified atom stereocenters. The second-order valence-corrected chi connectivity index (χ2v) is 25.8. The molecular weight excluding hydrogens is 1210 g/mol. The van der Waals surface area contributed by atoms with Crippen molar-refractivity contribution < 1.29 is 32.1 Å². The molecule has 1 N–H and O–H groups in total. The van der Waals surface area contributed by atoms with Crippen LogP contribution < -0.4 is 10.1 Å². The van der Waals surface area contributed by atoms with Gasteiger partial charge in [0.25, 0.3) is 23.6 Å². The van der Waals surface area contributed by atoms with Gasteiger partial charge in [-0.25, -0.2) is 28.4 Å². The number of ether oxygens (including phenoxy) is 1. The molecule has 4 aromatic carbocycles.